The molecule has 1 aliphatic carbocycles. The number of carbonyl (C=O) groups excluding carboxylic acids is 1. The Morgan fingerprint density at radius 2 is 1.89 bits per heavy atom. The van der Waals surface area contributed by atoms with Crippen molar-refractivity contribution < 1.29 is 22.3 Å². The third-order valence-electron chi connectivity index (χ3n) is 6.31. The molecule has 0 N–H and O–H groups in total. The van der Waals surface area contributed by atoms with Gasteiger partial charge in [-0.15, -0.1) is 11.3 Å². The van der Waals surface area contributed by atoms with Gasteiger partial charge >= 0.3 is 0 Å². The highest BCUT2D eigenvalue weighted by molar-refractivity contribution is 7.89. The first-order valence-corrected chi connectivity index (χ1v) is 14.0. The number of sulfonamides is 1. The number of thiophene rings is 1. The predicted octanol–water partition coefficient (Wildman–Crippen LogP) is 4.90. The third kappa shape index (κ3) is 5.09. The fourth-order valence-electron chi connectivity index (χ4n) is 4.34. The molecule has 2 aliphatic rings. The first kappa shape index (κ1) is 24.2. The van der Waals surface area contributed by atoms with Crippen molar-refractivity contribution in [1.29, 1.82) is 0 Å². The van der Waals surface area contributed by atoms with E-state index in [0.717, 1.165) is 10.4 Å². The van der Waals surface area contributed by atoms with Crippen LogP contribution >= 0.6 is 22.9 Å². The summed E-state index contributed by atoms with van der Waals surface area (Å²) in [6.07, 6.45) is 2.12. The molecule has 1 aromatic heterocycles. The summed E-state index contributed by atoms with van der Waals surface area (Å²) in [5.74, 6) is -0.652. The van der Waals surface area contributed by atoms with Crippen LogP contribution in [0.1, 0.15) is 29.3 Å². The standard InChI is InChI=1S/C25H24ClFN2O4S2/c26-17-5-9-19(10-6-17)35(31,32)29(18-7-8-18)15-25(30)28-13-11-24-20(12-14-34-24)22(28)16-33-23-4-2-1-3-21(23)27/h1-6,9-10,12,14,18,22H,7-8,11,13,15-16H2/t22-/m0/s1. The number of hydrogen-bond acceptors (Lipinski definition) is 5. The van der Waals surface area contributed by atoms with Gasteiger partial charge in [0.15, 0.2) is 11.6 Å². The van der Waals surface area contributed by atoms with E-state index in [4.69, 9.17) is 16.3 Å². The Kier molecular flexibility index (Phi) is 6.85. The zero-order chi connectivity index (χ0) is 24.6. The monoisotopic (exact) mass is 534 g/mol. The highest BCUT2D eigenvalue weighted by Gasteiger charge is 2.41. The van der Waals surface area contributed by atoms with Crippen LogP contribution in [0.5, 0.6) is 5.75 Å². The minimum Gasteiger partial charge on any atom is -0.488 e. The van der Waals surface area contributed by atoms with Gasteiger partial charge in [0.05, 0.1) is 17.5 Å². The van der Waals surface area contributed by atoms with Crippen LogP contribution in [0.15, 0.2) is 64.9 Å². The van der Waals surface area contributed by atoms with Gasteiger partial charge in [0.1, 0.15) is 6.61 Å². The van der Waals surface area contributed by atoms with Crippen molar-refractivity contribution in [2.24, 2.45) is 0 Å². The minimum absolute atomic E-state index is 0.0732. The Hall–Kier alpha value is -2.46. The molecule has 1 saturated carbocycles. The summed E-state index contributed by atoms with van der Waals surface area (Å²) in [6, 6.07) is 13.4. The fourth-order valence-corrected chi connectivity index (χ4v) is 7.03. The molecule has 0 spiro atoms. The van der Waals surface area contributed by atoms with E-state index < -0.39 is 21.9 Å². The quantitative estimate of drug-likeness (QED) is 0.412. The van der Waals surface area contributed by atoms with Crippen molar-refractivity contribution in [2.75, 3.05) is 19.7 Å². The number of benzene rings is 2. The lowest BCUT2D eigenvalue weighted by Crippen LogP contribution is -2.48. The first-order chi connectivity index (χ1) is 16.8. The number of amides is 1. The van der Waals surface area contributed by atoms with Gasteiger partial charge in [-0.2, -0.15) is 4.31 Å². The molecule has 2 aromatic carbocycles. The summed E-state index contributed by atoms with van der Waals surface area (Å²) in [6.45, 7) is 0.256. The lowest BCUT2D eigenvalue weighted by Gasteiger charge is -2.37. The smallest absolute Gasteiger partial charge is 0.243 e. The van der Waals surface area contributed by atoms with Crippen molar-refractivity contribution in [3.05, 3.63) is 81.3 Å². The lowest BCUT2D eigenvalue weighted by molar-refractivity contribution is -0.135. The highest BCUT2D eigenvalue weighted by Crippen LogP contribution is 2.36. The van der Waals surface area contributed by atoms with E-state index in [1.54, 1.807) is 34.4 Å². The summed E-state index contributed by atoms with van der Waals surface area (Å²) >= 11 is 7.54. The minimum atomic E-state index is -3.87. The van der Waals surface area contributed by atoms with Gasteiger partial charge in [-0.3, -0.25) is 4.79 Å². The Bertz CT molecular complexity index is 1330. The van der Waals surface area contributed by atoms with E-state index in [9.17, 15) is 17.6 Å². The summed E-state index contributed by atoms with van der Waals surface area (Å²) < 4.78 is 48.0. The predicted molar refractivity (Wildman–Crippen MR) is 133 cm³/mol. The first-order valence-electron chi connectivity index (χ1n) is 11.3. The second kappa shape index (κ2) is 9.89. The van der Waals surface area contributed by atoms with Crippen LogP contribution < -0.4 is 4.74 Å². The van der Waals surface area contributed by atoms with E-state index in [2.05, 4.69) is 0 Å². The van der Waals surface area contributed by atoms with Crippen LogP contribution in [0.2, 0.25) is 5.02 Å². The molecule has 35 heavy (non-hydrogen) atoms. The van der Waals surface area contributed by atoms with Crippen molar-refractivity contribution in [3.63, 3.8) is 0 Å². The molecule has 0 radical (unpaired) electrons. The van der Waals surface area contributed by atoms with E-state index in [0.29, 0.717) is 30.8 Å². The summed E-state index contributed by atoms with van der Waals surface area (Å²) in [5.41, 5.74) is 0.962. The van der Waals surface area contributed by atoms with Gasteiger partial charge in [0.25, 0.3) is 0 Å². The molecule has 0 unspecified atom stereocenters. The van der Waals surface area contributed by atoms with Crippen molar-refractivity contribution in [2.45, 2.75) is 36.2 Å². The molecular formula is C25H24ClFN2O4S2. The summed E-state index contributed by atoms with van der Waals surface area (Å²) in [5, 5.41) is 2.41. The normalized spacial score (nSPS) is 17.9. The van der Waals surface area contributed by atoms with E-state index in [1.165, 1.54) is 34.6 Å². The molecule has 5 rings (SSSR count). The number of fused-ring (bicyclic) bond motifs is 1. The Labute approximate surface area is 212 Å². The molecular weight excluding hydrogens is 511 g/mol. The number of para-hydroxylation sites is 1. The second-order valence-corrected chi connectivity index (χ2v) is 12.0. The zero-order valence-electron chi connectivity index (χ0n) is 18.8. The van der Waals surface area contributed by atoms with E-state index >= 15 is 0 Å². The number of nitrogens with zero attached hydrogens (tertiary/aromatic N) is 2. The molecule has 2 heterocycles. The molecule has 10 heteroatoms. The van der Waals surface area contributed by atoms with E-state index in [1.807, 2.05) is 11.4 Å². The lowest BCUT2D eigenvalue weighted by atomic mass is 10.0. The molecule has 0 bridgehead atoms. The van der Waals surface area contributed by atoms with Gasteiger partial charge in [-0.1, -0.05) is 23.7 Å². The van der Waals surface area contributed by atoms with Crippen molar-refractivity contribution in [3.8, 4) is 5.75 Å². The summed E-state index contributed by atoms with van der Waals surface area (Å²) in [7, 11) is -3.87. The molecule has 1 fully saturated rings. The maximum Gasteiger partial charge on any atom is 0.243 e. The zero-order valence-corrected chi connectivity index (χ0v) is 21.2. The number of ether oxygens (including phenoxy) is 1. The number of hydrogen-bond donors (Lipinski definition) is 0. The summed E-state index contributed by atoms with van der Waals surface area (Å²) in [4.78, 5) is 16.5. The number of rotatable bonds is 8. The Morgan fingerprint density at radius 3 is 2.60 bits per heavy atom. The van der Waals surface area contributed by atoms with Gasteiger partial charge in [0, 0.05) is 22.5 Å². The molecule has 1 atom stereocenters. The topological polar surface area (TPSA) is 66.9 Å². The van der Waals surface area contributed by atoms with Crippen LogP contribution in [0.4, 0.5) is 4.39 Å². The fraction of sp³-hybridized carbons (Fsp3) is 0.320. The van der Waals surface area contributed by atoms with Gasteiger partial charge in [0.2, 0.25) is 15.9 Å². The molecule has 1 amide bonds. The number of halogens is 2. The number of carbonyl (C=O) groups is 1. The molecule has 0 saturated heterocycles. The van der Waals surface area contributed by atoms with Crippen LogP contribution in [0.3, 0.4) is 0 Å². The molecule has 1 aliphatic heterocycles. The maximum atomic E-state index is 14.1. The third-order valence-corrected chi connectivity index (χ3v) is 9.48. The van der Waals surface area contributed by atoms with Crippen LogP contribution in [-0.2, 0) is 21.2 Å². The maximum absolute atomic E-state index is 14.1. The Morgan fingerprint density at radius 1 is 1.14 bits per heavy atom. The molecule has 6 nitrogen and oxygen atoms in total. The van der Waals surface area contributed by atoms with E-state index in [-0.39, 0.29) is 35.7 Å². The van der Waals surface area contributed by atoms with Gasteiger partial charge in [-0.25, -0.2) is 12.8 Å². The van der Waals surface area contributed by atoms with Crippen molar-refractivity contribution in [1.82, 2.24) is 9.21 Å². The highest BCUT2D eigenvalue weighted by atomic mass is 35.5. The Balaban J connectivity index is 1.38. The SMILES string of the molecule is O=C(CN(C1CC1)S(=O)(=O)c1ccc(Cl)cc1)N1CCc2sccc2[C@@H]1COc1ccccc1F. The second-order valence-electron chi connectivity index (χ2n) is 8.63. The molecule has 184 valence electrons. The largest absolute Gasteiger partial charge is 0.488 e. The average molecular weight is 535 g/mol. The van der Waals surface area contributed by atoms with Gasteiger partial charge < -0.3 is 9.64 Å². The van der Waals surface area contributed by atoms with Crippen LogP contribution in [0.25, 0.3) is 0 Å². The van der Waals surface area contributed by atoms with Crippen LogP contribution in [0, 0.1) is 5.82 Å². The van der Waals surface area contributed by atoms with Crippen molar-refractivity contribution >= 4 is 38.9 Å². The van der Waals surface area contributed by atoms with Gasteiger partial charge in [-0.05, 0) is 72.7 Å². The van der Waals surface area contributed by atoms with Crippen LogP contribution in [-0.4, -0.2) is 49.3 Å². The average Bonchev–Trinajstić information content (AvgIpc) is 3.57. The molecule has 3 aromatic rings.